The lowest BCUT2D eigenvalue weighted by Crippen LogP contribution is -2.13. The van der Waals surface area contributed by atoms with E-state index in [0.29, 0.717) is 11.4 Å². The van der Waals surface area contributed by atoms with Crippen LogP contribution < -0.4 is 5.73 Å². The Morgan fingerprint density at radius 3 is 2.17 bits per heavy atom. The van der Waals surface area contributed by atoms with Crippen LogP contribution in [0, 0.1) is 0 Å². The van der Waals surface area contributed by atoms with Gasteiger partial charge in [-0.1, -0.05) is 31.9 Å². The van der Waals surface area contributed by atoms with Crippen molar-refractivity contribution in [2.24, 2.45) is 5.73 Å². The summed E-state index contributed by atoms with van der Waals surface area (Å²) < 4.78 is 0. The zero-order chi connectivity index (χ0) is 4.99. The zero-order valence-electron chi connectivity index (χ0n) is 3.32. The summed E-state index contributed by atoms with van der Waals surface area (Å²) >= 11 is 6.55. The van der Waals surface area contributed by atoms with Gasteiger partial charge in [0, 0.05) is 16.7 Å². The molecule has 0 aromatic carbocycles. The summed E-state index contributed by atoms with van der Waals surface area (Å²) in [4.78, 5) is 0.442. The predicted molar refractivity (Wildman–Crippen MR) is 35.6 cm³/mol. The van der Waals surface area contributed by atoms with Crippen LogP contribution in [-0.2, 0) is 0 Å². The molecule has 0 rings (SSSR count). The molecule has 0 amide bonds. The Hall–Kier alpha value is 0.920. The first-order chi connectivity index (χ1) is 2.81. The normalized spacial score (nSPS) is 14.5. The van der Waals surface area contributed by atoms with E-state index in [2.05, 4.69) is 31.9 Å². The van der Waals surface area contributed by atoms with Gasteiger partial charge in [0.25, 0.3) is 0 Å². The van der Waals surface area contributed by atoms with Crippen molar-refractivity contribution in [2.75, 3.05) is 11.9 Å². The molecular formula is C3H7Br2N. The second-order valence-corrected chi connectivity index (χ2v) is 2.93. The van der Waals surface area contributed by atoms with E-state index in [1.807, 2.05) is 0 Å². The van der Waals surface area contributed by atoms with Crippen LogP contribution in [-0.4, -0.2) is 16.7 Å². The third-order valence-electron chi connectivity index (χ3n) is 0.423. The highest BCUT2D eigenvalue weighted by molar-refractivity contribution is 9.12. The van der Waals surface area contributed by atoms with Gasteiger partial charge in [0.05, 0.1) is 0 Å². The SMILES string of the molecule is NC[C@@H](Br)CBr. The van der Waals surface area contributed by atoms with Crippen LogP contribution in [0.15, 0.2) is 0 Å². The van der Waals surface area contributed by atoms with Crippen molar-refractivity contribution >= 4 is 31.9 Å². The van der Waals surface area contributed by atoms with Crippen molar-refractivity contribution in [3.63, 3.8) is 0 Å². The van der Waals surface area contributed by atoms with E-state index in [0.717, 1.165) is 5.33 Å². The highest BCUT2D eigenvalue weighted by Gasteiger charge is 1.92. The van der Waals surface area contributed by atoms with Gasteiger partial charge in [0.15, 0.2) is 0 Å². The smallest absolute Gasteiger partial charge is 0.0365 e. The molecule has 0 saturated heterocycles. The molecule has 0 bridgehead atoms. The summed E-state index contributed by atoms with van der Waals surface area (Å²) in [5.41, 5.74) is 5.21. The quantitative estimate of drug-likeness (QED) is 0.688. The minimum Gasteiger partial charge on any atom is -0.329 e. The van der Waals surface area contributed by atoms with E-state index >= 15 is 0 Å². The molecule has 1 nitrogen and oxygen atoms in total. The fourth-order valence-corrected chi connectivity index (χ4v) is 0.327. The van der Waals surface area contributed by atoms with E-state index in [1.165, 1.54) is 0 Å². The fraction of sp³-hybridized carbons (Fsp3) is 1.00. The van der Waals surface area contributed by atoms with E-state index in [9.17, 15) is 0 Å². The molecule has 0 aliphatic rings. The molecule has 6 heavy (non-hydrogen) atoms. The van der Waals surface area contributed by atoms with Crippen molar-refractivity contribution in [3.05, 3.63) is 0 Å². The molecule has 38 valence electrons. The van der Waals surface area contributed by atoms with Crippen LogP contribution in [0.4, 0.5) is 0 Å². The van der Waals surface area contributed by atoms with Crippen molar-refractivity contribution in [3.8, 4) is 0 Å². The highest BCUT2D eigenvalue weighted by Crippen LogP contribution is 1.98. The van der Waals surface area contributed by atoms with Crippen LogP contribution >= 0.6 is 31.9 Å². The van der Waals surface area contributed by atoms with Crippen molar-refractivity contribution in [2.45, 2.75) is 4.83 Å². The van der Waals surface area contributed by atoms with Crippen molar-refractivity contribution in [1.82, 2.24) is 0 Å². The second-order valence-electron chi connectivity index (χ2n) is 0.987. The molecule has 0 radical (unpaired) electrons. The van der Waals surface area contributed by atoms with Gasteiger partial charge in [0.1, 0.15) is 0 Å². The van der Waals surface area contributed by atoms with Crippen LogP contribution in [0.5, 0.6) is 0 Å². The lowest BCUT2D eigenvalue weighted by molar-refractivity contribution is 0.984. The number of nitrogens with two attached hydrogens (primary N) is 1. The Labute approximate surface area is 54.5 Å². The van der Waals surface area contributed by atoms with Gasteiger partial charge in [-0.05, 0) is 0 Å². The minimum atomic E-state index is 0.442. The van der Waals surface area contributed by atoms with E-state index < -0.39 is 0 Å². The average Bonchev–Trinajstić information content (AvgIpc) is 1.65. The highest BCUT2D eigenvalue weighted by atomic mass is 79.9. The standard InChI is InChI=1S/C3H7Br2N/c4-1-3(5)2-6/h3H,1-2,6H2/t3-/m0/s1. The minimum absolute atomic E-state index is 0.442. The van der Waals surface area contributed by atoms with E-state index in [4.69, 9.17) is 5.73 Å². The molecule has 0 spiro atoms. The maximum Gasteiger partial charge on any atom is 0.0365 e. The molecule has 0 aromatic heterocycles. The summed E-state index contributed by atoms with van der Waals surface area (Å²) in [5.74, 6) is 0. The largest absolute Gasteiger partial charge is 0.329 e. The molecule has 0 saturated carbocycles. The lowest BCUT2D eigenvalue weighted by Gasteiger charge is -1.95. The molecule has 0 fully saturated rings. The van der Waals surface area contributed by atoms with Gasteiger partial charge in [-0.15, -0.1) is 0 Å². The van der Waals surface area contributed by atoms with E-state index in [-0.39, 0.29) is 0 Å². The third-order valence-corrected chi connectivity index (χ3v) is 2.77. The van der Waals surface area contributed by atoms with Crippen LogP contribution in [0.3, 0.4) is 0 Å². The maximum atomic E-state index is 5.21. The van der Waals surface area contributed by atoms with Crippen LogP contribution in [0.1, 0.15) is 0 Å². The lowest BCUT2D eigenvalue weighted by atomic mass is 10.5. The topological polar surface area (TPSA) is 26.0 Å². The summed E-state index contributed by atoms with van der Waals surface area (Å²) in [7, 11) is 0. The second kappa shape index (κ2) is 4.09. The molecule has 2 N–H and O–H groups in total. The van der Waals surface area contributed by atoms with Gasteiger partial charge in [-0.3, -0.25) is 0 Å². The molecule has 3 heteroatoms. The number of hydrogen-bond donors (Lipinski definition) is 1. The molecule has 0 aromatic rings. The third kappa shape index (κ3) is 3.12. The zero-order valence-corrected chi connectivity index (χ0v) is 6.50. The number of halogens is 2. The fourth-order valence-electron chi connectivity index (χ4n) is 0.0630. The van der Waals surface area contributed by atoms with Gasteiger partial charge >= 0.3 is 0 Å². The van der Waals surface area contributed by atoms with Crippen molar-refractivity contribution in [1.29, 1.82) is 0 Å². The molecule has 0 heterocycles. The predicted octanol–water partition coefficient (Wildman–Crippen LogP) is 1.10. The summed E-state index contributed by atoms with van der Waals surface area (Å²) in [6.07, 6.45) is 0. The average molecular weight is 217 g/mol. The van der Waals surface area contributed by atoms with Gasteiger partial charge in [-0.25, -0.2) is 0 Å². The number of alkyl halides is 2. The molecular weight excluding hydrogens is 210 g/mol. The number of rotatable bonds is 2. The van der Waals surface area contributed by atoms with Crippen LogP contribution in [0.2, 0.25) is 0 Å². The van der Waals surface area contributed by atoms with Crippen molar-refractivity contribution < 1.29 is 0 Å². The Balaban J connectivity index is 2.75. The Morgan fingerprint density at radius 2 is 2.17 bits per heavy atom. The molecule has 0 aliphatic heterocycles. The van der Waals surface area contributed by atoms with Crippen LogP contribution in [0.25, 0.3) is 0 Å². The maximum absolute atomic E-state index is 5.21. The Bertz CT molecular complexity index is 28.0. The first-order valence-electron chi connectivity index (χ1n) is 1.71. The molecule has 1 atom stereocenters. The van der Waals surface area contributed by atoms with Gasteiger partial charge < -0.3 is 5.73 Å². The summed E-state index contributed by atoms with van der Waals surface area (Å²) in [6.45, 7) is 0.700. The number of hydrogen-bond acceptors (Lipinski definition) is 1. The molecule has 0 unspecified atom stereocenters. The Kier molecular flexibility index (Phi) is 4.72. The first kappa shape index (κ1) is 6.92. The van der Waals surface area contributed by atoms with Gasteiger partial charge in [0.2, 0.25) is 0 Å². The summed E-state index contributed by atoms with van der Waals surface area (Å²) in [5, 5.41) is 0.934. The van der Waals surface area contributed by atoms with Gasteiger partial charge in [-0.2, -0.15) is 0 Å². The monoisotopic (exact) mass is 215 g/mol. The Morgan fingerprint density at radius 1 is 1.67 bits per heavy atom. The summed E-state index contributed by atoms with van der Waals surface area (Å²) in [6, 6.07) is 0. The molecule has 0 aliphatic carbocycles. The van der Waals surface area contributed by atoms with E-state index in [1.54, 1.807) is 0 Å². The first-order valence-corrected chi connectivity index (χ1v) is 3.75.